The predicted octanol–water partition coefficient (Wildman–Crippen LogP) is 4.40. The lowest BCUT2D eigenvalue weighted by molar-refractivity contribution is 0.101. The molecule has 0 spiro atoms. The highest BCUT2D eigenvalue weighted by Gasteiger charge is 2.13. The van der Waals surface area contributed by atoms with Crippen molar-refractivity contribution in [2.75, 3.05) is 17.7 Å². The number of ether oxygens (including phenoxy) is 1. The van der Waals surface area contributed by atoms with Gasteiger partial charge in [0, 0.05) is 22.4 Å². The van der Waals surface area contributed by atoms with Crippen molar-refractivity contribution in [3.05, 3.63) is 89.5 Å². The van der Waals surface area contributed by atoms with Crippen molar-refractivity contribution < 1.29 is 19.1 Å². The Morgan fingerprint density at radius 3 is 1.97 bits per heavy atom. The van der Waals surface area contributed by atoms with Gasteiger partial charge >= 0.3 is 0 Å². The fourth-order valence-corrected chi connectivity index (χ4v) is 2.74. The molecule has 6 heteroatoms. The molecule has 2 amide bonds. The molecular formula is C23H20N2O4. The fourth-order valence-electron chi connectivity index (χ4n) is 2.74. The molecule has 0 saturated carbocycles. The quantitative estimate of drug-likeness (QED) is 0.613. The molecule has 3 aromatic carbocycles. The number of methoxy groups -OCH3 is 1. The van der Waals surface area contributed by atoms with E-state index in [0.717, 1.165) is 0 Å². The lowest BCUT2D eigenvalue weighted by Gasteiger charge is -2.11. The van der Waals surface area contributed by atoms with Gasteiger partial charge in [-0.1, -0.05) is 18.2 Å². The number of nitrogens with one attached hydrogen (secondary N) is 2. The summed E-state index contributed by atoms with van der Waals surface area (Å²) in [5.41, 5.74) is 2.35. The summed E-state index contributed by atoms with van der Waals surface area (Å²) in [5, 5.41) is 5.54. The van der Waals surface area contributed by atoms with E-state index in [1.54, 1.807) is 60.7 Å². The number of amides is 2. The van der Waals surface area contributed by atoms with Crippen LogP contribution in [0.25, 0.3) is 0 Å². The van der Waals surface area contributed by atoms with Crippen molar-refractivity contribution in [2.45, 2.75) is 6.92 Å². The van der Waals surface area contributed by atoms with Gasteiger partial charge in [-0.25, -0.2) is 0 Å². The van der Waals surface area contributed by atoms with Crippen molar-refractivity contribution in [3.8, 4) is 5.75 Å². The zero-order valence-corrected chi connectivity index (χ0v) is 16.1. The number of hydrogen-bond acceptors (Lipinski definition) is 4. The van der Waals surface area contributed by atoms with Crippen LogP contribution in [0.4, 0.5) is 11.4 Å². The lowest BCUT2D eigenvalue weighted by atomic mass is 10.1. The van der Waals surface area contributed by atoms with Gasteiger partial charge < -0.3 is 15.4 Å². The normalized spacial score (nSPS) is 10.1. The van der Waals surface area contributed by atoms with E-state index in [9.17, 15) is 14.4 Å². The molecule has 2 N–H and O–H groups in total. The summed E-state index contributed by atoms with van der Waals surface area (Å²) in [6.45, 7) is 1.48. The summed E-state index contributed by atoms with van der Waals surface area (Å²) in [7, 11) is 1.53. The average molecular weight is 388 g/mol. The minimum atomic E-state index is -0.354. The molecule has 0 unspecified atom stereocenters. The topological polar surface area (TPSA) is 84.5 Å². The highest BCUT2D eigenvalue weighted by atomic mass is 16.5. The molecular weight excluding hydrogens is 368 g/mol. The van der Waals surface area contributed by atoms with Gasteiger partial charge in [0.15, 0.2) is 5.78 Å². The molecule has 0 bridgehead atoms. The molecule has 0 aliphatic rings. The minimum Gasteiger partial charge on any atom is -0.495 e. The number of anilines is 2. The first kappa shape index (κ1) is 19.8. The fraction of sp³-hybridized carbons (Fsp3) is 0.0870. The van der Waals surface area contributed by atoms with E-state index in [-0.39, 0.29) is 17.6 Å². The summed E-state index contributed by atoms with van der Waals surface area (Å²) < 4.78 is 5.23. The first-order valence-electron chi connectivity index (χ1n) is 8.94. The average Bonchev–Trinajstić information content (AvgIpc) is 2.74. The summed E-state index contributed by atoms with van der Waals surface area (Å²) in [6.07, 6.45) is 0. The predicted molar refractivity (Wildman–Crippen MR) is 112 cm³/mol. The van der Waals surface area contributed by atoms with Crippen LogP contribution in [0, 0.1) is 0 Å². The first-order chi connectivity index (χ1) is 14.0. The Hall–Kier alpha value is -3.93. The van der Waals surface area contributed by atoms with E-state index < -0.39 is 0 Å². The standard InChI is InChI=1S/C23H20N2O4/c1-15(26)16-10-12-19(13-11-16)24-22(27)17-6-5-7-18(14-17)23(28)25-20-8-3-4-9-21(20)29-2/h3-14H,1-2H3,(H,24,27)(H,25,28). The third-order valence-corrected chi connectivity index (χ3v) is 4.29. The van der Waals surface area contributed by atoms with E-state index in [1.807, 2.05) is 6.07 Å². The molecule has 0 fully saturated rings. The number of benzene rings is 3. The molecule has 29 heavy (non-hydrogen) atoms. The Kier molecular flexibility index (Phi) is 6.04. The van der Waals surface area contributed by atoms with E-state index in [4.69, 9.17) is 4.74 Å². The zero-order valence-electron chi connectivity index (χ0n) is 16.1. The Balaban J connectivity index is 1.73. The van der Waals surface area contributed by atoms with Crippen LogP contribution in [-0.2, 0) is 0 Å². The molecule has 3 rings (SSSR count). The summed E-state index contributed by atoms with van der Waals surface area (Å²) in [6, 6.07) is 20.1. The van der Waals surface area contributed by atoms with Crippen LogP contribution in [0.3, 0.4) is 0 Å². The molecule has 0 radical (unpaired) electrons. The minimum absolute atomic E-state index is 0.0448. The molecule has 0 heterocycles. The molecule has 146 valence electrons. The number of Topliss-reactive ketones (excluding diaryl/α,β-unsaturated/α-hetero) is 1. The van der Waals surface area contributed by atoms with E-state index in [0.29, 0.717) is 33.8 Å². The third kappa shape index (κ3) is 4.87. The Labute approximate surface area is 168 Å². The van der Waals surface area contributed by atoms with Gasteiger partial charge in [0.25, 0.3) is 11.8 Å². The third-order valence-electron chi connectivity index (χ3n) is 4.29. The highest BCUT2D eigenvalue weighted by Crippen LogP contribution is 2.24. The van der Waals surface area contributed by atoms with Crippen molar-refractivity contribution in [3.63, 3.8) is 0 Å². The van der Waals surface area contributed by atoms with Gasteiger partial charge in [0.2, 0.25) is 0 Å². The number of carbonyl (C=O) groups is 3. The number of carbonyl (C=O) groups excluding carboxylic acids is 3. The highest BCUT2D eigenvalue weighted by molar-refractivity contribution is 6.09. The first-order valence-corrected chi connectivity index (χ1v) is 8.94. The lowest BCUT2D eigenvalue weighted by Crippen LogP contribution is -2.16. The van der Waals surface area contributed by atoms with Crippen LogP contribution in [0.1, 0.15) is 38.0 Å². The maximum absolute atomic E-state index is 12.6. The second kappa shape index (κ2) is 8.84. The summed E-state index contributed by atoms with van der Waals surface area (Å²) >= 11 is 0. The number of hydrogen-bond donors (Lipinski definition) is 2. The monoisotopic (exact) mass is 388 g/mol. The summed E-state index contributed by atoms with van der Waals surface area (Å²) in [4.78, 5) is 36.5. The largest absolute Gasteiger partial charge is 0.495 e. The SMILES string of the molecule is COc1ccccc1NC(=O)c1cccc(C(=O)Nc2ccc(C(C)=O)cc2)c1. The molecule has 0 aliphatic heterocycles. The number of rotatable bonds is 6. The van der Waals surface area contributed by atoms with Crippen molar-refractivity contribution >= 4 is 29.0 Å². The van der Waals surface area contributed by atoms with Crippen LogP contribution in [0.2, 0.25) is 0 Å². The van der Waals surface area contributed by atoms with Gasteiger partial charge in [-0.05, 0) is 61.5 Å². The van der Waals surface area contributed by atoms with Crippen LogP contribution < -0.4 is 15.4 Å². The van der Waals surface area contributed by atoms with E-state index in [2.05, 4.69) is 10.6 Å². The second-order valence-corrected chi connectivity index (χ2v) is 6.32. The number of ketones is 1. The molecule has 3 aromatic rings. The van der Waals surface area contributed by atoms with Gasteiger partial charge in [-0.15, -0.1) is 0 Å². The maximum Gasteiger partial charge on any atom is 0.255 e. The molecule has 0 atom stereocenters. The van der Waals surface area contributed by atoms with Crippen molar-refractivity contribution in [1.29, 1.82) is 0 Å². The zero-order chi connectivity index (χ0) is 20.8. The van der Waals surface area contributed by atoms with Crippen LogP contribution in [0.5, 0.6) is 5.75 Å². The Morgan fingerprint density at radius 2 is 1.34 bits per heavy atom. The van der Waals surface area contributed by atoms with Gasteiger partial charge in [-0.3, -0.25) is 14.4 Å². The molecule has 0 aliphatic carbocycles. The molecule has 0 aromatic heterocycles. The van der Waals surface area contributed by atoms with Crippen LogP contribution >= 0.6 is 0 Å². The molecule has 0 saturated heterocycles. The van der Waals surface area contributed by atoms with Crippen molar-refractivity contribution in [2.24, 2.45) is 0 Å². The molecule has 6 nitrogen and oxygen atoms in total. The van der Waals surface area contributed by atoms with Crippen LogP contribution in [-0.4, -0.2) is 24.7 Å². The Bertz CT molecular complexity index is 1060. The second-order valence-electron chi connectivity index (χ2n) is 6.32. The Morgan fingerprint density at radius 1 is 0.724 bits per heavy atom. The smallest absolute Gasteiger partial charge is 0.255 e. The maximum atomic E-state index is 12.6. The van der Waals surface area contributed by atoms with Crippen LogP contribution in [0.15, 0.2) is 72.8 Å². The van der Waals surface area contributed by atoms with Gasteiger partial charge in [0.1, 0.15) is 5.75 Å². The van der Waals surface area contributed by atoms with Gasteiger partial charge in [0.05, 0.1) is 12.8 Å². The van der Waals surface area contributed by atoms with E-state index >= 15 is 0 Å². The van der Waals surface area contributed by atoms with Gasteiger partial charge in [-0.2, -0.15) is 0 Å². The number of para-hydroxylation sites is 2. The summed E-state index contributed by atoms with van der Waals surface area (Å²) in [5.74, 6) is -0.206. The van der Waals surface area contributed by atoms with Crippen molar-refractivity contribution in [1.82, 2.24) is 0 Å². The van der Waals surface area contributed by atoms with E-state index in [1.165, 1.54) is 20.1 Å².